The SMILES string of the molecule is O=C(O)O[C@H]1CCCc2nn(Cc3cc4cccnc4nc3C(F)(F)F)c(=O)n21. The number of pyridine rings is 2. The fraction of sp³-hybridized carbons (Fsp3) is 0.353. The monoisotopic (exact) mass is 409 g/mol. The molecule has 1 N–H and O–H groups in total. The molecular formula is C17H14F3N5O4. The first-order chi connectivity index (χ1) is 13.7. The maximum absolute atomic E-state index is 13.5. The largest absolute Gasteiger partial charge is 0.507 e. The zero-order valence-electron chi connectivity index (χ0n) is 14.8. The van der Waals surface area contributed by atoms with Crippen LogP contribution in [0.3, 0.4) is 0 Å². The summed E-state index contributed by atoms with van der Waals surface area (Å²) in [6.07, 6.45) is -4.82. The number of ether oxygens (including phenoxy) is 1. The summed E-state index contributed by atoms with van der Waals surface area (Å²) in [7, 11) is 0. The van der Waals surface area contributed by atoms with Gasteiger partial charge in [-0.1, -0.05) is 0 Å². The van der Waals surface area contributed by atoms with Crippen molar-refractivity contribution in [3.05, 3.63) is 52.0 Å². The van der Waals surface area contributed by atoms with Gasteiger partial charge in [0.25, 0.3) is 0 Å². The number of halogens is 3. The molecule has 12 heteroatoms. The van der Waals surface area contributed by atoms with E-state index in [4.69, 9.17) is 9.84 Å². The van der Waals surface area contributed by atoms with Gasteiger partial charge >= 0.3 is 18.0 Å². The van der Waals surface area contributed by atoms with Gasteiger partial charge in [0.1, 0.15) is 5.82 Å². The van der Waals surface area contributed by atoms with Crippen molar-refractivity contribution in [1.29, 1.82) is 0 Å². The van der Waals surface area contributed by atoms with Crippen molar-refractivity contribution in [1.82, 2.24) is 24.3 Å². The van der Waals surface area contributed by atoms with Gasteiger partial charge in [0.15, 0.2) is 17.6 Å². The Morgan fingerprint density at radius 3 is 2.90 bits per heavy atom. The Balaban J connectivity index is 1.79. The first-order valence-corrected chi connectivity index (χ1v) is 8.63. The summed E-state index contributed by atoms with van der Waals surface area (Å²) >= 11 is 0. The van der Waals surface area contributed by atoms with E-state index in [0.717, 1.165) is 9.25 Å². The van der Waals surface area contributed by atoms with Crippen molar-refractivity contribution >= 4 is 17.2 Å². The second-order valence-corrected chi connectivity index (χ2v) is 6.50. The summed E-state index contributed by atoms with van der Waals surface area (Å²) in [5.41, 5.74) is -2.20. The highest BCUT2D eigenvalue weighted by Crippen LogP contribution is 2.32. The molecule has 4 rings (SSSR count). The molecule has 152 valence electrons. The Morgan fingerprint density at radius 1 is 1.38 bits per heavy atom. The third-order valence-corrected chi connectivity index (χ3v) is 4.57. The molecule has 0 amide bonds. The van der Waals surface area contributed by atoms with E-state index in [-0.39, 0.29) is 23.5 Å². The molecule has 29 heavy (non-hydrogen) atoms. The summed E-state index contributed by atoms with van der Waals surface area (Å²) in [6.45, 7) is -0.481. The zero-order chi connectivity index (χ0) is 20.8. The van der Waals surface area contributed by atoms with Crippen LogP contribution >= 0.6 is 0 Å². The van der Waals surface area contributed by atoms with E-state index in [1.165, 1.54) is 12.3 Å². The second-order valence-electron chi connectivity index (χ2n) is 6.50. The topological polar surface area (TPSA) is 112 Å². The molecule has 3 aromatic rings. The molecule has 0 aliphatic carbocycles. The predicted octanol–water partition coefficient (Wildman–Crippen LogP) is 2.58. The molecule has 1 atom stereocenters. The van der Waals surface area contributed by atoms with Crippen LogP contribution in [-0.2, 0) is 23.9 Å². The average Bonchev–Trinajstić information content (AvgIpc) is 2.96. The van der Waals surface area contributed by atoms with Gasteiger partial charge in [-0.15, -0.1) is 0 Å². The van der Waals surface area contributed by atoms with E-state index < -0.39 is 36.5 Å². The van der Waals surface area contributed by atoms with Crippen LogP contribution in [0.5, 0.6) is 0 Å². The number of fused-ring (bicyclic) bond motifs is 2. The van der Waals surface area contributed by atoms with Crippen LogP contribution in [-0.4, -0.2) is 35.6 Å². The zero-order valence-corrected chi connectivity index (χ0v) is 14.8. The van der Waals surface area contributed by atoms with Crippen molar-refractivity contribution in [2.24, 2.45) is 0 Å². The number of aryl methyl sites for hydroxylation is 1. The number of rotatable bonds is 3. The molecule has 1 aliphatic heterocycles. The Kier molecular flexibility index (Phi) is 4.47. The van der Waals surface area contributed by atoms with E-state index in [1.807, 2.05) is 0 Å². The molecule has 3 aromatic heterocycles. The maximum atomic E-state index is 13.5. The van der Waals surface area contributed by atoms with Gasteiger partial charge in [-0.3, -0.25) is 0 Å². The summed E-state index contributed by atoms with van der Waals surface area (Å²) in [5.74, 6) is 0.261. The highest BCUT2D eigenvalue weighted by Gasteiger charge is 2.36. The standard InChI is InChI=1S/C17H14F3N5O4/c18-17(19,20)13-10(7-9-3-2-6-21-14(9)22-13)8-24-15(26)25-11(23-24)4-1-5-12(25)29-16(27)28/h2-3,6-7,12H,1,4-5,8H2,(H,27,28)/t12-/m0/s1. The van der Waals surface area contributed by atoms with Crippen LogP contribution in [0, 0.1) is 0 Å². The molecule has 0 unspecified atom stereocenters. The molecule has 0 saturated carbocycles. The molecule has 0 spiro atoms. The van der Waals surface area contributed by atoms with Crippen LogP contribution in [0.4, 0.5) is 18.0 Å². The van der Waals surface area contributed by atoms with Crippen LogP contribution in [0.15, 0.2) is 29.2 Å². The molecule has 0 aromatic carbocycles. The second kappa shape index (κ2) is 6.87. The van der Waals surface area contributed by atoms with Gasteiger partial charge in [0.05, 0.1) is 6.54 Å². The lowest BCUT2D eigenvalue weighted by atomic mass is 10.1. The fourth-order valence-corrected chi connectivity index (χ4v) is 3.40. The first-order valence-electron chi connectivity index (χ1n) is 8.63. The number of nitrogens with zero attached hydrogens (tertiary/aromatic N) is 5. The van der Waals surface area contributed by atoms with Gasteiger partial charge in [-0.05, 0) is 24.6 Å². The normalized spacial score (nSPS) is 16.6. The average molecular weight is 409 g/mol. The third-order valence-electron chi connectivity index (χ3n) is 4.57. The van der Waals surface area contributed by atoms with Gasteiger partial charge < -0.3 is 9.84 Å². The quantitative estimate of drug-likeness (QED) is 0.662. The number of aromatic nitrogens is 5. The van der Waals surface area contributed by atoms with Gasteiger partial charge in [-0.2, -0.15) is 18.3 Å². The predicted molar refractivity (Wildman–Crippen MR) is 91.2 cm³/mol. The van der Waals surface area contributed by atoms with E-state index >= 15 is 0 Å². The van der Waals surface area contributed by atoms with Crippen LogP contribution in [0.25, 0.3) is 11.0 Å². The highest BCUT2D eigenvalue weighted by atomic mass is 19.4. The third kappa shape index (κ3) is 3.52. The van der Waals surface area contributed by atoms with Crippen LogP contribution in [0.1, 0.15) is 36.2 Å². The van der Waals surface area contributed by atoms with Gasteiger partial charge in [-0.25, -0.2) is 28.8 Å². The lowest BCUT2D eigenvalue weighted by Crippen LogP contribution is -2.33. The molecule has 0 saturated heterocycles. The summed E-state index contributed by atoms with van der Waals surface area (Å²) < 4.78 is 47.2. The Morgan fingerprint density at radius 2 is 2.17 bits per heavy atom. The maximum Gasteiger partial charge on any atom is 0.507 e. The van der Waals surface area contributed by atoms with Crippen LogP contribution < -0.4 is 5.69 Å². The number of alkyl halides is 3. The van der Waals surface area contributed by atoms with Crippen molar-refractivity contribution in [3.8, 4) is 0 Å². The lowest BCUT2D eigenvalue weighted by molar-refractivity contribution is -0.141. The number of hydrogen-bond acceptors (Lipinski definition) is 6. The molecule has 0 bridgehead atoms. The minimum absolute atomic E-state index is 0.0602. The molecular weight excluding hydrogens is 395 g/mol. The van der Waals surface area contributed by atoms with Crippen molar-refractivity contribution in [2.75, 3.05) is 0 Å². The summed E-state index contributed by atoms with van der Waals surface area (Å²) in [5, 5.41) is 13.3. The molecule has 9 nitrogen and oxygen atoms in total. The Bertz CT molecular complexity index is 1150. The summed E-state index contributed by atoms with van der Waals surface area (Å²) in [4.78, 5) is 31.0. The molecule has 0 radical (unpaired) electrons. The lowest BCUT2D eigenvalue weighted by Gasteiger charge is -2.21. The minimum Gasteiger partial charge on any atom is -0.450 e. The highest BCUT2D eigenvalue weighted by molar-refractivity contribution is 5.75. The van der Waals surface area contributed by atoms with Crippen molar-refractivity contribution in [3.63, 3.8) is 0 Å². The first kappa shape index (κ1) is 18.9. The van der Waals surface area contributed by atoms with E-state index in [2.05, 4.69) is 15.1 Å². The van der Waals surface area contributed by atoms with Crippen molar-refractivity contribution in [2.45, 2.75) is 38.2 Å². The Hall–Kier alpha value is -3.44. The van der Waals surface area contributed by atoms with Gasteiger partial charge in [0, 0.05) is 30.0 Å². The van der Waals surface area contributed by atoms with E-state index in [1.54, 1.807) is 12.1 Å². The van der Waals surface area contributed by atoms with E-state index in [9.17, 15) is 22.8 Å². The molecule has 0 fully saturated rings. The molecule has 1 aliphatic rings. The van der Waals surface area contributed by atoms with Crippen LogP contribution in [0.2, 0.25) is 0 Å². The minimum atomic E-state index is -4.75. The Labute approximate surface area is 160 Å². The smallest absolute Gasteiger partial charge is 0.450 e. The van der Waals surface area contributed by atoms with E-state index in [0.29, 0.717) is 18.2 Å². The fourth-order valence-electron chi connectivity index (χ4n) is 3.40. The number of carbonyl (C=O) groups is 1. The number of hydrogen-bond donors (Lipinski definition) is 1. The number of carboxylic acid groups (broad SMARTS) is 1. The summed E-state index contributed by atoms with van der Waals surface area (Å²) in [6, 6.07) is 4.40. The van der Waals surface area contributed by atoms with Gasteiger partial charge in [0.2, 0.25) is 0 Å². The van der Waals surface area contributed by atoms with Crippen molar-refractivity contribution < 1.29 is 27.8 Å². The molecule has 4 heterocycles.